The van der Waals surface area contributed by atoms with Crippen LogP contribution >= 0.6 is 0 Å². The third kappa shape index (κ3) is 4.55. The highest BCUT2D eigenvalue weighted by Crippen LogP contribution is 2.30. The predicted molar refractivity (Wildman–Crippen MR) is 121 cm³/mol. The maximum atomic E-state index is 10.4. The van der Waals surface area contributed by atoms with Gasteiger partial charge in [-0.2, -0.15) is 0 Å². The van der Waals surface area contributed by atoms with Crippen molar-refractivity contribution in [3.8, 4) is 5.75 Å². The number of rotatable bonds is 6. The van der Waals surface area contributed by atoms with E-state index in [1.807, 2.05) is 12.1 Å². The molecule has 0 unspecified atom stereocenters. The van der Waals surface area contributed by atoms with Gasteiger partial charge in [-0.25, -0.2) is 0 Å². The fourth-order valence-corrected chi connectivity index (χ4v) is 4.26. The van der Waals surface area contributed by atoms with Gasteiger partial charge >= 0.3 is 0 Å². The molecular formula is C25H31N3O. The van der Waals surface area contributed by atoms with Crippen LogP contribution in [-0.2, 0) is 6.54 Å². The average Bonchev–Trinajstić information content (AvgIpc) is 2.76. The van der Waals surface area contributed by atoms with Crippen LogP contribution < -0.4 is 10.6 Å². The van der Waals surface area contributed by atoms with Gasteiger partial charge in [-0.15, -0.1) is 0 Å². The maximum absolute atomic E-state index is 10.4. The number of anilines is 1. The summed E-state index contributed by atoms with van der Waals surface area (Å²) in [5, 5.41) is 20.0. The predicted octanol–water partition coefficient (Wildman–Crippen LogP) is 4.90. The lowest BCUT2D eigenvalue weighted by molar-refractivity contribution is 0.251. The van der Waals surface area contributed by atoms with Crippen molar-refractivity contribution in [1.29, 1.82) is 0 Å². The molecule has 0 spiro atoms. The summed E-state index contributed by atoms with van der Waals surface area (Å²) in [5.41, 5.74) is 3.36. The van der Waals surface area contributed by atoms with Crippen LogP contribution in [0, 0.1) is 0 Å². The van der Waals surface area contributed by atoms with Gasteiger partial charge in [0, 0.05) is 29.9 Å². The van der Waals surface area contributed by atoms with E-state index in [0.29, 0.717) is 18.3 Å². The van der Waals surface area contributed by atoms with Gasteiger partial charge in [0.25, 0.3) is 0 Å². The van der Waals surface area contributed by atoms with Gasteiger partial charge in [0.05, 0.1) is 0 Å². The molecule has 4 nitrogen and oxygen atoms in total. The second-order valence-corrected chi connectivity index (χ2v) is 8.17. The van der Waals surface area contributed by atoms with Crippen LogP contribution in [0.1, 0.15) is 36.9 Å². The quantitative estimate of drug-likeness (QED) is 0.525. The Labute approximate surface area is 173 Å². The summed E-state index contributed by atoms with van der Waals surface area (Å²) in [6.45, 7) is 5.05. The van der Waals surface area contributed by atoms with E-state index >= 15 is 0 Å². The van der Waals surface area contributed by atoms with E-state index in [0.717, 1.165) is 37.2 Å². The number of nitrogens with zero attached hydrogens (tertiary/aromatic N) is 1. The molecule has 3 N–H and O–H groups in total. The van der Waals surface area contributed by atoms with Gasteiger partial charge in [0.15, 0.2) is 0 Å². The molecule has 29 heavy (non-hydrogen) atoms. The molecule has 0 aliphatic carbocycles. The summed E-state index contributed by atoms with van der Waals surface area (Å²) in [7, 11) is 2.12. The highest BCUT2D eigenvalue weighted by atomic mass is 16.3. The molecule has 0 bridgehead atoms. The van der Waals surface area contributed by atoms with E-state index in [2.05, 4.69) is 78.0 Å². The molecule has 1 saturated heterocycles. The number of nitrogens with one attached hydrogen (secondary N) is 2. The summed E-state index contributed by atoms with van der Waals surface area (Å²) in [6.07, 6.45) is 2.27. The number of phenolic OH excluding ortho intramolecular Hbond substituents is 1. The summed E-state index contributed by atoms with van der Waals surface area (Å²) in [6, 6.07) is 21.7. The van der Waals surface area contributed by atoms with Gasteiger partial charge in [0.1, 0.15) is 5.75 Å². The minimum Gasteiger partial charge on any atom is -0.508 e. The number of piperidine rings is 1. The maximum Gasteiger partial charge on any atom is 0.120 e. The fraction of sp³-hybridized carbons (Fsp3) is 0.360. The second kappa shape index (κ2) is 8.85. The van der Waals surface area contributed by atoms with E-state index in [-0.39, 0.29) is 6.04 Å². The van der Waals surface area contributed by atoms with E-state index in [1.165, 1.54) is 16.3 Å². The molecule has 152 valence electrons. The van der Waals surface area contributed by atoms with Crippen molar-refractivity contribution in [2.75, 3.05) is 25.5 Å². The minimum absolute atomic E-state index is 0.238. The van der Waals surface area contributed by atoms with Crippen LogP contribution in [0.4, 0.5) is 5.69 Å². The number of phenols is 1. The Morgan fingerprint density at radius 2 is 1.83 bits per heavy atom. The van der Waals surface area contributed by atoms with Gasteiger partial charge in [0.2, 0.25) is 0 Å². The van der Waals surface area contributed by atoms with Crippen LogP contribution in [0.5, 0.6) is 5.75 Å². The van der Waals surface area contributed by atoms with Crippen LogP contribution in [-0.4, -0.2) is 36.2 Å². The summed E-state index contributed by atoms with van der Waals surface area (Å²) in [5.74, 6) is 0.359. The molecule has 4 rings (SSSR count). The molecule has 0 radical (unpaired) electrons. The average molecular weight is 390 g/mol. The highest BCUT2D eigenvalue weighted by Gasteiger charge is 2.17. The van der Waals surface area contributed by atoms with Crippen molar-refractivity contribution in [2.45, 2.75) is 38.4 Å². The van der Waals surface area contributed by atoms with Gasteiger partial charge in [-0.3, -0.25) is 4.90 Å². The van der Waals surface area contributed by atoms with Crippen LogP contribution in [0.25, 0.3) is 10.8 Å². The molecule has 1 atom stereocenters. The first-order valence-corrected chi connectivity index (χ1v) is 10.6. The lowest BCUT2D eigenvalue weighted by Gasteiger charge is -2.28. The summed E-state index contributed by atoms with van der Waals surface area (Å²) < 4.78 is 0. The molecule has 0 amide bonds. The Morgan fingerprint density at radius 3 is 2.66 bits per heavy atom. The number of hydrogen-bond acceptors (Lipinski definition) is 4. The number of benzene rings is 3. The summed E-state index contributed by atoms with van der Waals surface area (Å²) in [4.78, 5) is 2.30. The van der Waals surface area contributed by atoms with Gasteiger partial charge < -0.3 is 15.7 Å². The van der Waals surface area contributed by atoms with E-state index < -0.39 is 0 Å². The molecule has 4 heteroatoms. The number of aromatic hydroxyl groups is 1. The molecule has 1 heterocycles. The Bertz CT molecular complexity index is 960. The van der Waals surface area contributed by atoms with Crippen molar-refractivity contribution in [3.63, 3.8) is 0 Å². The molecule has 3 aromatic rings. The van der Waals surface area contributed by atoms with Crippen molar-refractivity contribution in [3.05, 3.63) is 71.8 Å². The van der Waals surface area contributed by atoms with Crippen molar-refractivity contribution in [2.24, 2.45) is 0 Å². The smallest absolute Gasteiger partial charge is 0.120 e. The Hall–Kier alpha value is -2.56. The first kappa shape index (κ1) is 19.7. The van der Waals surface area contributed by atoms with Gasteiger partial charge in [-0.05, 0) is 74.4 Å². The zero-order valence-corrected chi connectivity index (χ0v) is 17.4. The fourth-order valence-electron chi connectivity index (χ4n) is 4.26. The van der Waals surface area contributed by atoms with Crippen molar-refractivity contribution >= 4 is 16.5 Å². The second-order valence-electron chi connectivity index (χ2n) is 8.17. The van der Waals surface area contributed by atoms with E-state index in [1.54, 1.807) is 0 Å². The number of hydrogen-bond donors (Lipinski definition) is 3. The molecule has 0 saturated carbocycles. The molecule has 1 aliphatic rings. The molecule has 1 fully saturated rings. The first-order chi connectivity index (χ1) is 14.1. The van der Waals surface area contributed by atoms with E-state index in [9.17, 15) is 5.11 Å². The minimum atomic E-state index is 0.238. The highest BCUT2D eigenvalue weighted by molar-refractivity contribution is 5.86. The summed E-state index contributed by atoms with van der Waals surface area (Å²) >= 11 is 0. The third-order valence-corrected chi connectivity index (χ3v) is 6.14. The zero-order valence-electron chi connectivity index (χ0n) is 17.4. The van der Waals surface area contributed by atoms with Crippen molar-refractivity contribution < 1.29 is 5.11 Å². The molecule has 3 aromatic carbocycles. The third-order valence-electron chi connectivity index (χ3n) is 6.14. The van der Waals surface area contributed by atoms with Crippen LogP contribution in [0.2, 0.25) is 0 Å². The lowest BCUT2D eigenvalue weighted by Crippen LogP contribution is -2.35. The largest absolute Gasteiger partial charge is 0.508 e. The molecule has 1 aliphatic heterocycles. The standard InChI is InChI=1S/C25H31N3O/c1-18(23-9-5-7-19-6-3-4-8-24(19)23)28(2)17-20-16-22(10-11-25(20)29)27-21-12-14-26-15-13-21/h3-11,16,18,21,26-27,29H,12-15,17H2,1-2H3/t18-/m1/s1. The van der Waals surface area contributed by atoms with Crippen LogP contribution in [0.15, 0.2) is 60.7 Å². The zero-order chi connectivity index (χ0) is 20.2. The Balaban J connectivity index is 1.51. The Morgan fingerprint density at radius 1 is 1.07 bits per heavy atom. The molecule has 0 aromatic heterocycles. The Kier molecular flexibility index (Phi) is 6.02. The van der Waals surface area contributed by atoms with Gasteiger partial charge in [-0.1, -0.05) is 42.5 Å². The normalized spacial score (nSPS) is 16.2. The number of fused-ring (bicyclic) bond motifs is 1. The lowest BCUT2D eigenvalue weighted by atomic mass is 9.98. The monoisotopic (exact) mass is 389 g/mol. The van der Waals surface area contributed by atoms with E-state index in [4.69, 9.17) is 0 Å². The molecular weight excluding hydrogens is 358 g/mol. The topological polar surface area (TPSA) is 47.5 Å². The first-order valence-electron chi connectivity index (χ1n) is 10.6. The van der Waals surface area contributed by atoms with Crippen molar-refractivity contribution in [1.82, 2.24) is 10.2 Å². The SMILES string of the molecule is C[C@H](c1cccc2ccccc12)N(C)Cc1cc(NC2CCNCC2)ccc1O. The van der Waals surface area contributed by atoms with Crippen LogP contribution in [0.3, 0.4) is 0 Å².